The summed E-state index contributed by atoms with van der Waals surface area (Å²) in [5.41, 5.74) is 1.87. The van der Waals surface area contributed by atoms with Gasteiger partial charge in [-0.25, -0.2) is 4.98 Å². The van der Waals surface area contributed by atoms with Crippen LogP contribution in [0.1, 0.15) is 18.4 Å². The van der Waals surface area contributed by atoms with Gasteiger partial charge in [-0.05, 0) is 37.5 Å². The van der Waals surface area contributed by atoms with Crippen LogP contribution in [0.4, 0.5) is 0 Å². The molecule has 26 heavy (non-hydrogen) atoms. The van der Waals surface area contributed by atoms with E-state index < -0.39 is 11.9 Å². The SMILES string of the molecule is Cc1c(Cl)cccc1-n1ccnc1SCC(=O)N1CCC[C@H](C(=O)O)C1. The first kappa shape index (κ1) is 18.8. The first-order valence-electron chi connectivity index (χ1n) is 8.39. The zero-order chi connectivity index (χ0) is 18.7. The second-order valence-corrected chi connectivity index (χ2v) is 7.62. The lowest BCUT2D eigenvalue weighted by Crippen LogP contribution is -2.43. The minimum absolute atomic E-state index is 0.0571. The molecule has 1 aliphatic rings. The Labute approximate surface area is 161 Å². The van der Waals surface area contributed by atoms with Crippen molar-refractivity contribution < 1.29 is 14.7 Å². The summed E-state index contributed by atoms with van der Waals surface area (Å²) < 4.78 is 1.91. The topological polar surface area (TPSA) is 75.4 Å². The molecule has 1 aromatic heterocycles. The average molecular weight is 394 g/mol. The molecule has 138 valence electrons. The maximum Gasteiger partial charge on any atom is 0.308 e. The minimum atomic E-state index is -0.831. The zero-order valence-corrected chi connectivity index (χ0v) is 16.0. The van der Waals surface area contributed by atoms with E-state index in [2.05, 4.69) is 4.98 Å². The van der Waals surface area contributed by atoms with Crippen LogP contribution in [-0.2, 0) is 9.59 Å². The second kappa shape index (κ2) is 8.14. The molecule has 1 fully saturated rings. The number of hydrogen-bond donors (Lipinski definition) is 1. The molecule has 2 heterocycles. The largest absolute Gasteiger partial charge is 0.481 e. The number of carbonyl (C=O) groups excluding carboxylic acids is 1. The van der Waals surface area contributed by atoms with Gasteiger partial charge >= 0.3 is 5.97 Å². The third-order valence-electron chi connectivity index (χ3n) is 4.55. The monoisotopic (exact) mass is 393 g/mol. The third-order valence-corrected chi connectivity index (χ3v) is 5.91. The zero-order valence-electron chi connectivity index (χ0n) is 14.4. The van der Waals surface area contributed by atoms with Gasteiger partial charge in [-0.2, -0.15) is 0 Å². The van der Waals surface area contributed by atoms with Crippen LogP contribution < -0.4 is 0 Å². The lowest BCUT2D eigenvalue weighted by atomic mass is 9.98. The van der Waals surface area contributed by atoms with Crippen LogP contribution in [0.2, 0.25) is 5.02 Å². The van der Waals surface area contributed by atoms with Gasteiger partial charge in [-0.3, -0.25) is 14.2 Å². The molecule has 1 aliphatic heterocycles. The number of hydrogen-bond acceptors (Lipinski definition) is 4. The number of benzene rings is 1. The summed E-state index contributed by atoms with van der Waals surface area (Å²) in [6.45, 7) is 2.85. The summed E-state index contributed by atoms with van der Waals surface area (Å²) >= 11 is 7.55. The van der Waals surface area contributed by atoms with E-state index in [0.717, 1.165) is 17.7 Å². The third kappa shape index (κ3) is 4.04. The first-order valence-corrected chi connectivity index (χ1v) is 9.76. The molecule has 3 rings (SSSR count). The molecule has 1 amide bonds. The first-order chi connectivity index (χ1) is 12.5. The van der Waals surface area contributed by atoms with Gasteiger partial charge in [0.1, 0.15) is 0 Å². The summed E-state index contributed by atoms with van der Waals surface area (Å²) in [5.74, 6) is -1.13. The van der Waals surface area contributed by atoms with Crippen LogP contribution in [-0.4, -0.2) is 50.3 Å². The van der Waals surface area contributed by atoms with E-state index in [0.29, 0.717) is 23.1 Å². The van der Waals surface area contributed by atoms with E-state index in [1.165, 1.54) is 11.8 Å². The van der Waals surface area contributed by atoms with Gasteiger partial charge in [0, 0.05) is 30.5 Å². The Morgan fingerprint density at radius 1 is 1.42 bits per heavy atom. The van der Waals surface area contributed by atoms with E-state index in [1.807, 2.05) is 35.9 Å². The maximum absolute atomic E-state index is 12.5. The fourth-order valence-electron chi connectivity index (χ4n) is 3.06. The standard InChI is InChI=1S/C18H20ClN3O3S/c1-12-14(19)5-2-6-15(12)22-9-7-20-18(22)26-11-16(23)21-8-3-4-13(10-21)17(24)25/h2,5-7,9,13H,3-4,8,10-11H2,1H3,(H,24,25)/t13-/m0/s1. The van der Waals surface area contributed by atoms with Crippen LogP contribution in [0.25, 0.3) is 5.69 Å². The van der Waals surface area contributed by atoms with E-state index in [4.69, 9.17) is 16.7 Å². The van der Waals surface area contributed by atoms with Gasteiger partial charge in [0.25, 0.3) is 0 Å². The molecule has 0 bridgehead atoms. The fourth-order valence-corrected chi connectivity index (χ4v) is 4.10. The quantitative estimate of drug-likeness (QED) is 0.789. The maximum atomic E-state index is 12.5. The number of halogens is 1. The van der Waals surface area contributed by atoms with E-state index in [-0.39, 0.29) is 18.2 Å². The van der Waals surface area contributed by atoms with E-state index in [9.17, 15) is 9.59 Å². The summed E-state index contributed by atoms with van der Waals surface area (Å²) in [4.78, 5) is 29.6. The van der Waals surface area contributed by atoms with Crippen molar-refractivity contribution in [2.24, 2.45) is 5.92 Å². The smallest absolute Gasteiger partial charge is 0.308 e. The molecule has 1 atom stereocenters. The number of likely N-dealkylation sites (tertiary alicyclic amines) is 1. The predicted molar refractivity (Wildman–Crippen MR) is 101 cm³/mol. The number of amides is 1. The molecule has 1 N–H and O–H groups in total. The molecule has 8 heteroatoms. The number of carbonyl (C=O) groups is 2. The van der Waals surface area contributed by atoms with Crippen molar-refractivity contribution in [2.75, 3.05) is 18.8 Å². The number of thioether (sulfide) groups is 1. The Bertz CT molecular complexity index is 824. The molecule has 0 unspecified atom stereocenters. The Kier molecular flexibility index (Phi) is 5.88. The van der Waals surface area contributed by atoms with Crippen molar-refractivity contribution in [3.63, 3.8) is 0 Å². The van der Waals surface area contributed by atoms with Crippen molar-refractivity contribution in [3.8, 4) is 5.69 Å². The molecule has 0 spiro atoms. The number of carboxylic acids is 1. The normalized spacial score (nSPS) is 17.3. The van der Waals surface area contributed by atoms with Gasteiger partial charge in [0.05, 0.1) is 17.4 Å². The van der Waals surface area contributed by atoms with Crippen LogP contribution in [0.5, 0.6) is 0 Å². The van der Waals surface area contributed by atoms with Crippen molar-refractivity contribution in [2.45, 2.75) is 24.9 Å². The fraction of sp³-hybridized carbons (Fsp3) is 0.389. The van der Waals surface area contributed by atoms with Crippen LogP contribution in [0.15, 0.2) is 35.7 Å². The van der Waals surface area contributed by atoms with Gasteiger partial charge in [-0.15, -0.1) is 0 Å². The molecule has 6 nitrogen and oxygen atoms in total. The number of imidazole rings is 1. The van der Waals surface area contributed by atoms with Gasteiger partial charge < -0.3 is 10.0 Å². The molecular formula is C18H20ClN3O3S. The highest BCUT2D eigenvalue weighted by molar-refractivity contribution is 7.99. The summed E-state index contributed by atoms with van der Waals surface area (Å²) in [7, 11) is 0. The van der Waals surface area contributed by atoms with Crippen molar-refractivity contribution in [1.82, 2.24) is 14.5 Å². The molecule has 0 aliphatic carbocycles. The van der Waals surface area contributed by atoms with E-state index >= 15 is 0 Å². The summed E-state index contributed by atoms with van der Waals surface area (Å²) in [6, 6.07) is 5.67. The van der Waals surface area contributed by atoms with Crippen LogP contribution in [0, 0.1) is 12.8 Å². The average Bonchev–Trinajstić information content (AvgIpc) is 3.10. The van der Waals surface area contributed by atoms with Gasteiger partial charge in [-0.1, -0.05) is 29.4 Å². The number of nitrogens with zero attached hydrogens (tertiary/aromatic N) is 3. The van der Waals surface area contributed by atoms with Crippen molar-refractivity contribution in [3.05, 3.63) is 41.2 Å². The summed E-state index contributed by atoms with van der Waals surface area (Å²) in [5, 5.41) is 10.5. The Morgan fingerprint density at radius 2 is 2.23 bits per heavy atom. The van der Waals surface area contributed by atoms with Crippen molar-refractivity contribution in [1.29, 1.82) is 0 Å². The van der Waals surface area contributed by atoms with Crippen LogP contribution >= 0.6 is 23.4 Å². The summed E-state index contributed by atoms with van der Waals surface area (Å²) in [6.07, 6.45) is 4.88. The Morgan fingerprint density at radius 3 is 3.00 bits per heavy atom. The van der Waals surface area contributed by atoms with Crippen molar-refractivity contribution >= 4 is 35.2 Å². The van der Waals surface area contributed by atoms with Gasteiger partial charge in [0.2, 0.25) is 5.91 Å². The molecule has 0 saturated carbocycles. The number of rotatable bonds is 5. The second-order valence-electron chi connectivity index (χ2n) is 6.27. The highest BCUT2D eigenvalue weighted by Gasteiger charge is 2.28. The lowest BCUT2D eigenvalue weighted by Gasteiger charge is -2.30. The minimum Gasteiger partial charge on any atom is -0.481 e. The number of piperidine rings is 1. The Hall–Kier alpha value is -1.99. The molecule has 1 aromatic carbocycles. The molecule has 2 aromatic rings. The van der Waals surface area contributed by atoms with E-state index in [1.54, 1.807) is 11.1 Å². The number of aliphatic carboxylic acids is 1. The molecule has 0 radical (unpaired) electrons. The lowest BCUT2D eigenvalue weighted by molar-refractivity contribution is -0.145. The highest BCUT2D eigenvalue weighted by Crippen LogP contribution is 2.27. The number of carboxylic acid groups (broad SMARTS) is 1. The highest BCUT2D eigenvalue weighted by atomic mass is 35.5. The Balaban J connectivity index is 1.68. The number of aromatic nitrogens is 2. The molecule has 1 saturated heterocycles. The van der Waals surface area contributed by atoms with Crippen LogP contribution in [0.3, 0.4) is 0 Å². The van der Waals surface area contributed by atoms with Gasteiger partial charge in [0.15, 0.2) is 5.16 Å². The predicted octanol–water partition coefficient (Wildman–Crippen LogP) is 3.25. The molecular weight excluding hydrogens is 374 g/mol.